The number of methoxy groups -OCH3 is 1. The number of ether oxygens (including phenoxy) is 1. The highest BCUT2D eigenvalue weighted by molar-refractivity contribution is 5.84. The first-order valence-electron chi connectivity index (χ1n) is 16.6. The van der Waals surface area contributed by atoms with Gasteiger partial charge in [-0.3, -0.25) is 15.1 Å². The van der Waals surface area contributed by atoms with Crippen molar-refractivity contribution in [2.24, 2.45) is 4.99 Å². The molecule has 0 spiro atoms. The van der Waals surface area contributed by atoms with Gasteiger partial charge in [-0.25, -0.2) is 0 Å². The summed E-state index contributed by atoms with van der Waals surface area (Å²) in [6, 6.07) is 23.1. The van der Waals surface area contributed by atoms with Gasteiger partial charge in [0.15, 0.2) is 11.6 Å². The number of aliphatic hydroxyl groups is 1. The Balaban J connectivity index is 1.43. The topological polar surface area (TPSA) is 145 Å². The molecule has 11 nitrogen and oxygen atoms in total. The SMILES string of the molecule is C=C/C=C\C=NCC(=O)N[C@H](Cc1c[nH]c2ccccc12)c1nnc([C@@H](Cc2c[nH]c3ccccc23)NC(C)O)n1Cc1ccc(OC)cc1. The number of benzene rings is 3. The van der Waals surface area contributed by atoms with Crippen LogP contribution in [0.4, 0.5) is 0 Å². The highest BCUT2D eigenvalue weighted by atomic mass is 16.5. The fourth-order valence-corrected chi connectivity index (χ4v) is 6.25. The van der Waals surface area contributed by atoms with E-state index in [1.165, 1.54) is 0 Å². The van der Waals surface area contributed by atoms with Gasteiger partial charge in [0.05, 0.1) is 25.7 Å². The monoisotopic (exact) mass is 670 g/mol. The van der Waals surface area contributed by atoms with Crippen molar-refractivity contribution in [1.29, 1.82) is 0 Å². The fraction of sp³-hybridized carbons (Fsp3) is 0.231. The van der Waals surface area contributed by atoms with Gasteiger partial charge in [0.1, 0.15) is 18.5 Å². The van der Waals surface area contributed by atoms with Crippen molar-refractivity contribution in [3.63, 3.8) is 0 Å². The molecule has 1 amide bonds. The third-order valence-electron chi connectivity index (χ3n) is 8.58. The number of hydrogen-bond donors (Lipinski definition) is 5. The summed E-state index contributed by atoms with van der Waals surface area (Å²) < 4.78 is 7.46. The van der Waals surface area contributed by atoms with Crippen LogP contribution < -0.4 is 15.4 Å². The van der Waals surface area contributed by atoms with Gasteiger partial charge >= 0.3 is 0 Å². The third-order valence-corrected chi connectivity index (χ3v) is 8.58. The molecule has 3 aromatic carbocycles. The molecular formula is C39H42N8O3. The average molecular weight is 671 g/mol. The Morgan fingerprint density at radius 1 is 0.920 bits per heavy atom. The number of rotatable bonds is 16. The van der Waals surface area contributed by atoms with Crippen LogP contribution in [-0.4, -0.2) is 61.8 Å². The molecule has 0 aliphatic heterocycles. The quantitative estimate of drug-likeness (QED) is 0.0506. The summed E-state index contributed by atoms with van der Waals surface area (Å²) in [5, 5.41) is 28.9. The van der Waals surface area contributed by atoms with Crippen LogP contribution in [-0.2, 0) is 24.2 Å². The van der Waals surface area contributed by atoms with Gasteiger partial charge in [-0.1, -0.05) is 67.3 Å². The van der Waals surface area contributed by atoms with Gasteiger partial charge in [-0.15, -0.1) is 10.2 Å². The van der Waals surface area contributed by atoms with Gasteiger partial charge in [0.2, 0.25) is 5.91 Å². The van der Waals surface area contributed by atoms with Crippen molar-refractivity contribution < 1.29 is 14.6 Å². The molecule has 5 N–H and O–H groups in total. The molecule has 0 saturated heterocycles. The van der Waals surface area contributed by atoms with Crippen LogP contribution >= 0.6 is 0 Å². The summed E-state index contributed by atoms with van der Waals surface area (Å²) in [5.74, 6) is 1.71. The number of aromatic amines is 2. The van der Waals surface area contributed by atoms with Crippen LogP contribution in [0.5, 0.6) is 5.75 Å². The smallest absolute Gasteiger partial charge is 0.242 e. The summed E-state index contributed by atoms with van der Waals surface area (Å²) in [4.78, 5) is 24.4. The van der Waals surface area contributed by atoms with Gasteiger partial charge in [0.25, 0.3) is 0 Å². The van der Waals surface area contributed by atoms with Crippen LogP contribution in [0.3, 0.4) is 0 Å². The molecule has 3 aromatic heterocycles. The van der Waals surface area contributed by atoms with E-state index in [0.29, 0.717) is 31.0 Å². The van der Waals surface area contributed by atoms with Crippen molar-refractivity contribution in [3.8, 4) is 5.75 Å². The fourth-order valence-electron chi connectivity index (χ4n) is 6.25. The Kier molecular flexibility index (Phi) is 11.0. The van der Waals surface area contributed by atoms with E-state index in [4.69, 9.17) is 14.9 Å². The summed E-state index contributed by atoms with van der Waals surface area (Å²) in [6.07, 6.45) is 10.8. The van der Waals surface area contributed by atoms with E-state index in [-0.39, 0.29) is 12.5 Å². The molecule has 3 heterocycles. The molecule has 0 aliphatic rings. The Labute approximate surface area is 290 Å². The first-order chi connectivity index (χ1) is 24.4. The van der Waals surface area contributed by atoms with Crippen LogP contribution in [0.2, 0.25) is 0 Å². The van der Waals surface area contributed by atoms with Crippen molar-refractivity contribution in [3.05, 3.63) is 138 Å². The standard InChI is InChI=1S/C39H42N8O3/c1-4-5-10-19-40-24-37(49)44-36(21-29-23-42-34-14-9-7-12-32(29)34)39-46-45-38(47(39)25-27-15-17-30(50-3)18-16-27)35(43-26(2)48)20-28-22-41-33-13-8-6-11-31(28)33/h4-19,22-23,26,35-36,41-43,48H,1,20-21,24-25H2,2-3H3,(H,44,49)/b10-5-,40-19?/t26?,35-,36-/m1/s1. The van der Waals surface area contributed by atoms with Gasteiger partial charge < -0.3 is 29.7 Å². The summed E-state index contributed by atoms with van der Waals surface area (Å²) in [7, 11) is 1.64. The summed E-state index contributed by atoms with van der Waals surface area (Å²) in [5.41, 5.74) is 5.13. The van der Waals surface area contributed by atoms with Crippen molar-refractivity contribution in [2.45, 2.75) is 44.6 Å². The number of hydrogen-bond acceptors (Lipinski definition) is 7. The van der Waals surface area contributed by atoms with Gasteiger partial charge in [-0.05, 0) is 60.4 Å². The molecule has 6 rings (SSSR count). The molecule has 0 fully saturated rings. The second-order valence-electron chi connectivity index (χ2n) is 12.1. The maximum atomic E-state index is 13.4. The molecule has 50 heavy (non-hydrogen) atoms. The van der Waals surface area contributed by atoms with Crippen LogP contribution in [0.15, 0.2) is 115 Å². The lowest BCUT2D eigenvalue weighted by Crippen LogP contribution is -2.35. The van der Waals surface area contributed by atoms with Crippen LogP contribution in [0.25, 0.3) is 21.8 Å². The lowest BCUT2D eigenvalue weighted by molar-refractivity contribution is -0.120. The molecule has 0 radical (unpaired) electrons. The molecule has 256 valence electrons. The summed E-state index contributed by atoms with van der Waals surface area (Å²) >= 11 is 0. The van der Waals surface area contributed by atoms with E-state index in [9.17, 15) is 9.90 Å². The molecule has 0 bridgehead atoms. The molecule has 3 atom stereocenters. The lowest BCUT2D eigenvalue weighted by atomic mass is 10.0. The maximum absolute atomic E-state index is 13.4. The number of para-hydroxylation sites is 2. The van der Waals surface area contributed by atoms with Crippen molar-refractivity contribution >= 4 is 33.9 Å². The minimum atomic E-state index is -0.825. The minimum Gasteiger partial charge on any atom is -0.497 e. The van der Waals surface area contributed by atoms with Crippen molar-refractivity contribution in [2.75, 3.05) is 13.7 Å². The van der Waals surface area contributed by atoms with E-state index in [1.807, 2.05) is 77.6 Å². The number of carbonyl (C=O) groups excluding carboxylic acids is 1. The number of aliphatic imine (C=N–C) groups is 1. The normalized spacial score (nSPS) is 13.7. The minimum absolute atomic E-state index is 0.0574. The number of fused-ring (bicyclic) bond motifs is 2. The first-order valence-corrected chi connectivity index (χ1v) is 16.6. The number of amides is 1. The lowest BCUT2D eigenvalue weighted by Gasteiger charge is -2.24. The molecule has 6 aromatic rings. The predicted molar refractivity (Wildman–Crippen MR) is 197 cm³/mol. The van der Waals surface area contributed by atoms with E-state index in [0.717, 1.165) is 44.2 Å². The highest BCUT2D eigenvalue weighted by Crippen LogP contribution is 2.29. The van der Waals surface area contributed by atoms with Crippen LogP contribution in [0.1, 0.15) is 47.3 Å². The van der Waals surface area contributed by atoms with Gasteiger partial charge in [0, 0.05) is 46.8 Å². The number of H-pyrrole nitrogens is 2. The number of aliphatic hydroxyl groups excluding tert-OH is 1. The average Bonchev–Trinajstić information content (AvgIpc) is 3.85. The zero-order chi connectivity index (χ0) is 34.9. The van der Waals surface area contributed by atoms with Crippen molar-refractivity contribution in [1.82, 2.24) is 35.4 Å². The molecule has 0 aliphatic carbocycles. The molecule has 0 saturated carbocycles. The number of allylic oxidation sites excluding steroid dienone is 3. The Bertz CT molecular complexity index is 2100. The zero-order valence-corrected chi connectivity index (χ0v) is 28.2. The Hall–Kier alpha value is -5.78. The van der Waals surface area contributed by atoms with E-state index in [1.54, 1.807) is 38.5 Å². The second kappa shape index (κ2) is 16.1. The molecule has 1 unspecified atom stereocenters. The predicted octanol–water partition coefficient (Wildman–Crippen LogP) is 5.72. The molecule has 11 heteroatoms. The third kappa shape index (κ3) is 8.08. The van der Waals surface area contributed by atoms with Crippen LogP contribution in [0, 0.1) is 0 Å². The zero-order valence-electron chi connectivity index (χ0n) is 28.2. The largest absolute Gasteiger partial charge is 0.497 e. The number of carbonyl (C=O) groups is 1. The maximum Gasteiger partial charge on any atom is 0.242 e. The van der Waals surface area contributed by atoms with E-state index in [2.05, 4.69) is 44.3 Å². The molecular weight excluding hydrogens is 628 g/mol. The Morgan fingerprint density at radius 3 is 2.12 bits per heavy atom. The number of nitrogens with zero attached hydrogens (tertiary/aromatic N) is 4. The number of nitrogens with one attached hydrogen (secondary N) is 4. The summed E-state index contributed by atoms with van der Waals surface area (Å²) in [6.45, 7) is 5.71. The van der Waals surface area contributed by atoms with Gasteiger partial charge in [-0.2, -0.15) is 0 Å². The van der Waals surface area contributed by atoms with E-state index >= 15 is 0 Å². The Morgan fingerprint density at radius 2 is 1.52 bits per heavy atom. The van der Waals surface area contributed by atoms with E-state index < -0.39 is 18.3 Å². The second-order valence-corrected chi connectivity index (χ2v) is 12.1. The number of aromatic nitrogens is 5. The highest BCUT2D eigenvalue weighted by Gasteiger charge is 2.29. The first kappa shape index (κ1) is 34.1.